The van der Waals surface area contributed by atoms with E-state index in [-0.39, 0.29) is 18.1 Å². The fourth-order valence-corrected chi connectivity index (χ4v) is 3.99. The maximum atomic E-state index is 13.1. The van der Waals surface area contributed by atoms with Crippen LogP contribution in [0.4, 0.5) is 4.39 Å². The molecule has 0 spiro atoms. The van der Waals surface area contributed by atoms with Gasteiger partial charge in [0.05, 0.1) is 12.1 Å². The number of carbonyl (C=O) groups excluding carboxylic acids is 1. The molecule has 2 heterocycles. The molecule has 0 saturated carbocycles. The molecule has 0 fully saturated rings. The lowest BCUT2D eigenvalue weighted by molar-refractivity contribution is -0.130. The smallest absolute Gasteiger partial charge is 0.228 e. The van der Waals surface area contributed by atoms with E-state index in [0.29, 0.717) is 26.3 Å². The van der Waals surface area contributed by atoms with Gasteiger partial charge in [-0.05, 0) is 48.9 Å². The van der Waals surface area contributed by atoms with Crippen molar-refractivity contribution >= 4 is 17.2 Å². The average molecular weight is 412 g/mol. The normalized spacial score (nSPS) is 12.6. The van der Waals surface area contributed by atoms with Crippen molar-refractivity contribution in [1.29, 1.82) is 0 Å². The number of rotatable bonds is 6. The zero-order valence-electron chi connectivity index (χ0n) is 16.1. The third-order valence-electron chi connectivity index (χ3n) is 4.69. The Labute approximate surface area is 172 Å². The molecule has 1 amide bonds. The van der Waals surface area contributed by atoms with Crippen LogP contribution in [-0.2, 0) is 17.8 Å². The van der Waals surface area contributed by atoms with Crippen LogP contribution in [0.1, 0.15) is 18.2 Å². The van der Waals surface area contributed by atoms with E-state index < -0.39 is 0 Å². The van der Waals surface area contributed by atoms with E-state index in [0.717, 1.165) is 33.3 Å². The zero-order chi connectivity index (χ0) is 20.2. The molecule has 0 bridgehead atoms. The van der Waals surface area contributed by atoms with Gasteiger partial charge in [0.25, 0.3) is 0 Å². The monoisotopic (exact) mass is 412 g/mol. The lowest BCUT2D eigenvalue weighted by Crippen LogP contribution is -2.31. The maximum absolute atomic E-state index is 13.1. The van der Waals surface area contributed by atoms with E-state index in [1.54, 1.807) is 17.0 Å². The van der Waals surface area contributed by atoms with Crippen molar-refractivity contribution in [2.24, 2.45) is 0 Å². The lowest BCUT2D eigenvalue weighted by Gasteiger charge is -2.23. The molecule has 0 unspecified atom stereocenters. The van der Waals surface area contributed by atoms with Gasteiger partial charge in [-0.15, -0.1) is 11.3 Å². The highest BCUT2D eigenvalue weighted by molar-refractivity contribution is 7.13. The molecule has 1 aliphatic heterocycles. The first-order chi connectivity index (χ1) is 14.1. The Hall–Kier alpha value is -2.93. The quantitative estimate of drug-likeness (QED) is 0.605. The predicted octanol–water partition coefficient (Wildman–Crippen LogP) is 4.31. The first kappa shape index (κ1) is 19.4. The molecule has 150 valence electrons. The standard InChI is InChI=1S/C22H21FN2O3S/c1-2-25(13-15-3-8-19-20(11-15)28-10-9-27-19)21(26)12-18-14-29-22(24-18)16-4-6-17(23)7-5-16/h3-8,11,14H,2,9-10,12-13H2,1H3. The largest absolute Gasteiger partial charge is 0.486 e. The van der Waals surface area contributed by atoms with Crippen LogP contribution in [0.5, 0.6) is 11.5 Å². The molecular formula is C22H21FN2O3S. The third kappa shape index (κ3) is 4.56. The summed E-state index contributed by atoms with van der Waals surface area (Å²) in [4.78, 5) is 19.1. The molecule has 0 atom stereocenters. The van der Waals surface area contributed by atoms with Gasteiger partial charge >= 0.3 is 0 Å². The van der Waals surface area contributed by atoms with Crippen molar-refractivity contribution < 1.29 is 18.7 Å². The topological polar surface area (TPSA) is 51.7 Å². The predicted molar refractivity (Wildman–Crippen MR) is 110 cm³/mol. The number of thiazole rings is 1. The number of ether oxygens (including phenoxy) is 2. The van der Waals surface area contributed by atoms with Crippen LogP contribution in [0.2, 0.25) is 0 Å². The number of likely N-dealkylation sites (N-methyl/N-ethyl adjacent to an activating group) is 1. The molecule has 0 N–H and O–H groups in total. The summed E-state index contributed by atoms with van der Waals surface area (Å²) in [6.45, 7) is 4.15. The molecule has 2 aromatic carbocycles. The molecule has 7 heteroatoms. The van der Waals surface area contributed by atoms with Crippen LogP contribution >= 0.6 is 11.3 Å². The lowest BCUT2D eigenvalue weighted by atomic mass is 10.1. The molecule has 5 nitrogen and oxygen atoms in total. The average Bonchev–Trinajstić information content (AvgIpc) is 3.20. The minimum absolute atomic E-state index is 0.0124. The number of aromatic nitrogens is 1. The van der Waals surface area contributed by atoms with Crippen molar-refractivity contribution in [3.05, 3.63) is 64.9 Å². The Balaban J connectivity index is 1.42. The fraction of sp³-hybridized carbons (Fsp3) is 0.273. The van der Waals surface area contributed by atoms with Crippen molar-refractivity contribution in [1.82, 2.24) is 9.88 Å². The molecule has 0 aliphatic carbocycles. The van der Waals surface area contributed by atoms with E-state index in [1.807, 2.05) is 30.5 Å². The SMILES string of the molecule is CCN(Cc1ccc2c(c1)OCCO2)C(=O)Cc1csc(-c2ccc(F)cc2)n1. The second-order valence-corrected chi connectivity index (χ2v) is 7.57. The van der Waals surface area contributed by atoms with Crippen molar-refractivity contribution in [2.75, 3.05) is 19.8 Å². The van der Waals surface area contributed by atoms with Gasteiger partial charge < -0.3 is 14.4 Å². The van der Waals surface area contributed by atoms with Gasteiger partial charge in [0.1, 0.15) is 24.0 Å². The highest BCUT2D eigenvalue weighted by Gasteiger charge is 2.17. The summed E-state index contributed by atoms with van der Waals surface area (Å²) in [5, 5.41) is 2.66. The summed E-state index contributed by atoms with van der Waals surface area (Å²) in [6.07, 6.45) is 0.232. The number of fused-ring (bicyclic) bond motifs is 1. The summed E-state index contributed by atoms with van der Waals surface area (Å²) in [5.74, 6) is 1.20. The van der Waals surface area contributed by atoms with E-state index in [9.17, 15) is 9.18 Å². The Morgan fingerprint density at radius 2 is 1.90 bits per heavy atom. The highest BCUT2D eigenvalue weighted by Crippen LogP contribution is 2.31. The second kappa shape index (κ2) is 8.61. The summed E-state index contributed by atoms with van der Waals surface area (Å²) < 4.78 is 24.3. The van der Waals surface area contributed by atoms with Gasteiger partial charge in [0.15, 0.2) is 11.5 Å². The Bertz CT molecular complexity index is 1000. The molecule has 1 aromatic heterocycles. The Morgan fingerprint density at radius 1 is 1.14 bits per heavy atom. The van der Waals surface area contributed by atoms with Crippen LogP contribution in [-0.4, -0.2) is 35.5 Å². The number of benzene rings is 2. The van der Waals surface area contributed by atoms with Crippen LogP contribution in [0, 0.1) is 5.82 Å². The van der Waals surface area contributed by atoms with Crippen molar-refractivity contribution in [3.63, 3.8) is 0 Å². The van der Waals surface area contributed by atoms with Gasteiger partial charge in [-0.3, -0.25) is 4.79 Å². The number of carbonyl (C=O) groups is 1. The highest BCUT2D eigenvalue weighted by atomic mass is 32.1. The first-order valence-corrected chi connectivity index (χ1v) is 10.4. The molecular weight excluding hydrogens is 391 g/mol. The minimum atomic E-state index is -0.279. The summed E-state index contributed by atoms with van der Waals surface area (Å²) in [6, 6.07) is 12.0. The van der Waals surface area contributed by atoms with Crippen LogP contribution < -0.4 is 9.47 Å². The number of halogens is 1. The zero-order valence-corrected chi connectivity index (χ0v) is 16.9. The van der Waals surface area contributed by atoms with Gasteiger partial charge in [-0.25, -0.2) is 9.37 Å². The number of nitrogens with zero attached hydrogens (tertiary/aromatic N) is 2. The summed E-state index contributed by atoms with van der Waals surface area (Å²) >= 11 is 1.45. The number of hydrogen-bond donors (Lipinski definition) is 0. The summed E-state index contributed by atoms with van der Waals surface area (Å²) in [5.41, 5.74) is 2.56. The van der Waals surface area contributed by atoms with Crippen LogP contribution in [0.25, 0.3) is 10.6 Å². The summed E-state index contributed by atoms with van der Waals surface area (Å²) in [7, 11) is 0. The van der Waals surface area contributed by atoms with E-state index in [4.69, 9.17) is 9.47 Å². The van der Waals surface area contributed by atoms with E-state index in [2.05, 4.69) is 4.98 Å². The Kier molecular flexibility index (Phi) is 5.76. The van der Waals surface area contributed by atoms with Gasteiger partial charge in [-0.2, -0.15) is 0 Å². The molecule has 0 saturated heterocycles. The molecule has 4 rings (SSSR count). The van der Waals surface area contributed by atoms with Crippen molar-refractivity contribution in [3.8, 4) is 22.1 Å². The molecule has 0 radical (unpaired) electrons. The molecule has 29 heavy (non-hydrogen) atoms. The van der Waals surface area contributed by atoms with Crippen molar-refractivity contribution in [2.45, 2.75) is 19.9 Å². The van der Waals surface area contributed by atoms with Crippen LogP contribution in [0.3, 0.4) is 0 Å². The third-order valence-corrected chi connectivity index (χ3v) is 5.63. The molecule has 1 aliphatic rings. The van der Waals surface area contributed by atoms with E-state index >= 15 is 0 Å². The number of hydrogen-bond acceptors (Lipinski definition) is 5. The second-order valence-electron chi connectivity index (χ2n) is 6.71. The van der Waals surface area contributed by atoms with Gasteiger partial charge in [0.2, 0.25) is 5.91 Å². The van der Waals surface area contributed by atoms with Crippen LogP contribution in [0.15, 0.2) is 47.8 Å². The van der Waals surface area contributed by atoms with Gasteiger partial charge in [0, 0.05) is 24.0 Å². The maximum Gasteiger partial charge on any atom is 0.228 e. The Morgan fingerprint density at radius 3 is 2.66 bits per heavy atom. The minimum Gasteiger partial charge on any atom is -0.486 e. The van der Waals surface area contributed by atoms with Gasteiger partial charge in [-0.1, -0.05) is 6.07 Å². The fourth-order valence-electron chi connectivity index (χ4n) is 3.16. The molecule has 3 aromatic rings. The first-order valence-electron chi connectivity index (χ1n) is 9.49. The van der Waals surface area contributed by atoms with E-state index in [1.165, 1.54) is 23.5 Å². The number of amides is 1.